The fourth-order valence-electron chi connectivity index (χ4n) is 3.69. The second-order valence-corrected chi connectivity index (χ2v) is 8.43. The van der Waals surface area contributed by atoms with Gasteiger partial charge in [-0.15, -0.1) is 0 Å². The van der Waals surface area contributed by atoms with Gasteiger partial charge >= 0.3 is 0 Å². The van der Waals surface area contributed by atoms with Crippen molar-refractivity contribution in [2.75, 3.05) is 0 Å². The summed E-state index contributed by atoms with van der Waals surface area (Å²) in [5, 5.41) is 1.78. The van der Waals surface area contributed by atoms with Gasteiger partial charge < -0.3 is 0 Å². The Labute approximate surface area is 188 Å². The van der Waals surface area contributed by atoms with Crippen LogP contribution in [0.3, 0.4) is 0 Å². The number of fused-ring (bicyclic) bond motifs is 2. The highest BCUT2D eigenvalue weighted by Gasteiger charge is 2.14. The maximum atomic E-state index is 13.3. The minimum absolute atomic E-state index is 0.0812. The van der Waals surface area contributed by atoms with Crippen LogP contribution < -0.4 is 11.1 Å². The fraction of sp³-hybridized carbons (Fsp3) is 0.120. The summed E-state index contributed by atoms with van der Waals surface area (Å²) >= 11 is 1.41. The van der Waals surface area contributed by atoms with Crippen LogP contribution in [0.15, 0.2) is 93.6 Å². The summed E-state index contributed by atoms with van der Waals surface area (Å²) in [5.41, 5.74) is 2.18. The molecule has 0 aliphatic heterocycles. The molecule has 0 atom stereocenters. The molecule has 0 saturated carbocycles. The Morgan fingerprint density at radius 2 is 1.34 bits per heavy atom. The quantitative estimate of drug-likeness (QED) is 0.305. The number of benzene rings is 3. The number of thioether (sulfide) groups is 1. The van der Waals surface area contributed by atoms with Crippen molar-refractivity contribution >= 4 is 33.6 Å². The van der Waals surface area contributed by atoms with Gasteiger partial charge in [0.2, 0.25) is 0 Å². The number of para-hydroxylation sites is 2. The predicted octanol–water partition coefficient (Wildman–Crippen LogP) is 3.98. The molecule has 2 aromatic heterocycles. The molecule has 32 heavy (non-hydrogen) atoms. The average Bonchev–Trinajstić information content (AvgIpc) is 2.83. The van der Waals surface area contributed by atoms with E-state index in [2.05, 4.69) is 4.98 Å². The SMILES string of the molecule is Cn1c(CSc2nc3ccccc3c(=O)n2Cc2ccccc2)nc2ccccc2c1=O. The highest BCUT2D eigenvalue weighted by Crippen LogP contribution is 2.22. The Morgan fingerprint density at radius 1 is 0.750 bits per heavy atom. The van der Waals surface area contributed by atoms with E-state index in [9.17, 15) is 9.59 Å². The van der Waals surface area contributed by atoms with Crippen molar-refractivity contribution in [2.45, 2.75) is 17.5 Å². The topological polar surface area (TPSA) is 69.8 Å². The molecular weight excluding hydrogens is 420 g/mol. The Bertz CT molecular complexity index is 1560. The van der Waals surface area contributed by atoms with E-state index in [1.54, 1.807) is 28.3 Å². The largest absolute Gasteiger partial charge is 0.299 e. The van der Waals surface area contributed by atoms with Crippen LogP contribution in [0.4, 0.5) is 0 Å². The molecule has 158 valence electrons. The maximum absolute atomic E-state index is 13.3. The van der Waals surface area contributed by atoms with Crippen molar-refractivity contribution in [3.8, 4) is 0 Å². The smallest absolute Gasteiger partial charge is 0.262 e. The minimum atomic E-state index is -0.0839. The van der Waals surface area contributed by atoms with Crippen LogP contribution in [0, 0.1) is 0 Å². The molecule has 2 heterocycles. The number of hydrogen-bond donors (Lipinski definition) is 0. The molecule has 6 nitrogen and oxygen atoms in total. The Balaban J connectivity index is 1.57. The van der Waals surface area contributed by atoms with Crippen molar-refractivity contribution in [1.29, 1.82) is 0 Å². The third kappa shape index (κ3) is 3.71. The van der Waals surface area contributed by atoms with E-state index in [0.29, 0.717) is 45.1 Å². The zero-order valence-electron chi connectivity index (χ0n) is 17.4. The lowest BCUT2D eigenvalue weighted by atomic mass is 10.2. The fourth-order valence-corrected chi connectivity index (χ4v) is 4.67. The normalized spacial score (nSPS) is 11.3. The average molecular weight is 441 g/mol. The van der Waals surface area contributed by atoms with Gasteiger partial charge in [0.15, 0.2) is 5.16 Å². The first kappa shape index (κ1) is 20.2. The number of aromatic nitrogens is 4. The molecule has 0 aliphatic carbocycles. The van der Waals surface area contributed by atoms with Gasteiger partial charge in [-0.05, 0) is 29.8 Å². The van der Waals surface area contributed by atoms with Gasteiger partial charge in [0, 0.05) is 7.05 Å². The molecule has 0 radical (unpaired) electrons. The van der Waals surface area contributed by atoms with Gasteiger partial charge in [0.05, 0.1) is 34.1 Å². The van der Waals surface area contributed by atoms with E-state index in [1.165, 1.54) is 11.8 Å². The van der Waals surface area contributed by atoms with E-state index in [0.717, 1.165) is 5.56 Å². The molecule has 0 saturated heterocycles. The van der Waals surface area contributed by atoms with Crippen LogP contribution >= 0.6 is 11.8 Å². The molecule has 0 unspecified atom stereocenters. The van der Waals surface area contributed by atoms with Gasteiger partial charge in [-0.3, -0.25) is 18.7 Å². The van der Waals surface area contributed by atoms with E-state index in [1.807, 2.05) is 66.7 Å². The second-order valence-electron chi connectivity index (χ2n) is 7.49. The van der Waals surface area contributed by atoms with Gasteiger partial charge in [-0.25, -0.2) is 9.97 Å². The van der Waals surface area contributed by atoms with E-state index >= 15 is 0 Å². The first-order chi connectivity index (χ1) is 15.6. The lowest BCUT2D eigenvalue weighted by Crippen LogP contribution is -2.25. The second kappa shape index (κ2) is 8.43. The standard InChI is InChI=1S/C25H20N4O2S/c1-28-22(26-20-13-7-5-11-18(20)23(28)30)16-32-25-27-21-14-8-6-12-19(21)24(31)29(25)15-17-9-3-2-4-10-17/h2-14H,15-16H2,1H3. The maximum Gasteiger partial charge on any atom is 0.262 e. The predicted molar refractivity (Wildman–Crippen MR) is 128 cm³/mol. The summed E-state index contributed by atoms with van der Waals surface area (Å²) in [7, 11) is 1.72. The first-order valence-electron chi connectivity index (χ1n) is 10.2. The number of nitrogens with zero attached hydrogens (tertiary/aromatic N) is 4. The molecule has 5 rings (SSSR count). The van der Waals surface area contributed by atoms with Crippen LogP contribution in [-0.4, -0.2) is 19.1 Å². The molecule has 0 N–H and O–H groups in total. The van der Waals surface area contributed by atoms with E-state index in [-0.39, 0.29) is 11.1 Å². The molecule has 0 aliphatic rings. The molecule has 0 amide bonds. The van der Waals surface area contributed by atoms with Crippen LogP contribution in [0.1, 0.15) is 11.4 Å². The zero-order valence-corrected chi connectivity index (χ0v) is 18.2. The molecule has 0 spiro atoms. The first-order valence-corrected chi connectivity index (χ1v) is 11.2. The lowest BCUT2D eigenvalue weighted by Gasteiger charge is -2.14. The Morgan fingerprint density at radius 3 is 2.06 bits per heavy atom. The zero-order chi connectivity index (χ0) is 22.1. The van der Waals surface area contributed by atoms with Crippen LogP contribution in [0.25, 0.3) is 21.8 Å². The Hall–Kier alpha value is -3.71. The summed E-state index contributed by atoms with van der Waals surface area (Å²) in [6.45, 7) is 0.421. The van der Waals surface area contributed by atoms with Crippen LogP contribution in [0.2, 0.25) is 0 Å². The Kier molecular flexibility index (Phi) is 5.33. The summed E-state index contributed by atoms with van der Waals surface area (Å²) in [4.78, 5) is 35.5. The van der Waals surface area contributed by atoms with Gasteiger partial charge in [-0.2, -0.15) is 0 Å². The summed E-state index contributed by atoms with van der Waals surface area (Å²) in [5.74, 6) is 1.04. The number of hydrogen-bond acceptors (Lipinski definition) is 5. The van der Waals surface area contributed by atoms with Crippen molar-refractivity contribution in [1.82, 2.24) is 19.1 Å². The molecule has 0 fully saturated rings. The van der Waals surface area contributed by atoms with Gasteiger partial charge in [-0.1, -0.05) is 66.4 Å². The van der Waals surface area contributed by atoms with Gasteiger partial charge in [0.25, 0.3) is 11.1 Å². The van der Waals surface area contributed by atoms with Gasteiger partial charge in [0.1, 0.15) is 5.82 Å². The summed E-state index contributed by atoms with van der Waals surface area (Å²) in [6.07, 6.45) is 0. The van der Waals surface area contributed by atoms with Crippen molar-refractivity contribution in [2.24, 2.45) is 7.05 Å². The molecule has 5 aromatic rings. The molecule has 7 heteroatoms. The summed E-state index contributed by atoms with van der Waals surface area (Å²) < 4.78 is 3.26. The summed E-state index contributed by atoms with van der Waals surface area (Å²) in [6, 6.07) is 24.5. The molecule has 0 bridgehead atoms. The monoisotopic (exact) mass is 440 g/mol. The third-order valence-electron chi connectivity index (χ3n) is 5.42. The van der Waals surface area contributed by atoms with Crippen molar-refractivity contribution in [3.63, 3.8) is 0 Å². The van der Waals surface area contributed by atoms with Crippen LogP contribution in [0.5, 0.6) is 0 Å². The third-order valence-corrected chi connectivity index (χ3v) is 6.39. The number of rotatable bonds is 5. The molecule has 3 aromatic carbocycles. The van der Waals surface area contributed by atoms with Crippen molar-refractivity contribution in [3.05, 3.63) is 111 Å². The highest BCUT2D eigenvalue weighted by molar-refractivity contribution is 7.98. The lowest BCUT2D eigenvalue weighted by molar-refractivity contribution is 0.657. The van der Waals surface area contributed by atoms with Crippen molar-refractivity contribution < 1.29 is 0 Å². The van der Waals surface area contributed by atoms with E-state index < -0.39 is 0 Å². The highest BCUT2D eigenvalue weighted by atomic mass is 32.2. The minimum Gasteiger partial charge on any atom is -0.299 e. The van der Waals surface area contributed by atoms with E-state index in [4.69, 9.17) is 4.98 Å². The van der Waals surface area contributed by atoms with Crippen LogP contribution in [-0.2, 0) is 19.3 Å². The molecular formula is C25H20N4O2S.